The lowest BCUT2D eigenvalue weighted by Gasteiger charge is -2.12. The second-order valence-corrected chi connectivity index (χ2v) is 4.61. The van der Waals surface area contributed by atoms with Crippen molar-refractivity contribution in [1.29, 1.82) is 0 Å². The van der Waals surface area contributed by atoms with Crippen LogP contribution in [0, 0.1) is 0 Å². The molecule has 1 atom stereocenters. The molecule has 2 heterocycles. The first-order valence-corrected chi connectivity index (χ1v) is 5.98. The minimum absolute atomic E-state index is 0.116. The van der Waals surface area contributed by atoms with E-state index in [2.05, 4.69) is 35.9 Å². The molecule has 2 N–H and O–H groups in total. The van der Waals surface area contributed by atoms with Crippen molar-refractivity contribution in [2.75, 3.05) is 5.32 Å². The molecule has 18 heavy (non-hydrogen) atoms. The highest BCUT2D eigenvalue weighted by atomic mass is 35.5. The maximum absolute atomic E-state index is 5.96. The zero-order valence-corrected chi connectivity index (χ0v) is 11.1. The molecule has 8 heteroatoms. The molecule has 0 saturated heterocycles. The SMILES string of the molecule is CC(C)c1nc(Cl)cc(NC(C)c2nn[nH]n2)n1. The molecule has 2 aromatic heterocycles. The Morgan fingerprint density at radius 1 is 1.22 bits per heavy atom. The summed E-state index contributed by atoms with van der Waals surface area (Å²) in [5.74, 6) is 2.13. The quantitative estimate of drug-likeness (QED) is 0.823. The summed E-state index contributed by atoms with van der Waals surface area (Å²) in [5.41, 5.74) is 0. The zero-order chi connectivity index (χ0) is 13.1. The molecule has 0 aliphatic carbocycles. The van der Waals surface area contributed by atoms with Gasteiger partial charge in [-0.05, 0) is 6.92 Å². The number of aromatic amines is 1. The molecular formula is C10H14ClN7. The van der Waals surface area contributed by atoms with Crippen LogP contribution in [0.1, 0.15) is 44.4 Å². The van der Waals surface area contributed by atoms with Gasteiger partial charge in [-0.1, -0.05) is 30.7 Å². The molecule has 96 valence electrons. The second-order valence-electron chi connectivity index (χ2n) is 4.22. The third-order valence-corrected chi connectivity index (χ3v) is 2.54. The number of tetrazole rings is 1. The average molecular weight is 268 g/mol. The number of halogens is 1. The maximum Gasteiger partial charge on any atom is 0.196 e. The van der Waals surface area contributed by atoms with Gasteiger partial charge in [-0.15, -0.1) is 10.2 Å². The molecule has 0 spiro atoms. The molecule has 0 saturated carbocycles. The van der Waals surface area contributed by atoms with Crippen molar-refractivity contribution in [3.63, 3.8) is 0 Å². The van der Waals surface area contributed by atoms with E-state index < -0.39 is 0 Å². The van der Waals surface area contributed by atoms with E-state index in [1.807, 2.05) is 20.8 Å². The van der Waals surface area contributed by atoms with Gasteiger partial charge in [-0.2, -0.15) is 5.21 Å². The minimum Gasteiger partial charge on any atom is -0.360 e. The molecule has 0 radical (unpaired) electrons. The van der Waals surface area contributed by atoms with Crippen LogP contribution in [0.3, 0.4) is 0 Å². The number of nitrogens with one attached hydrogen (secondary N) is 2. The van der Waals surface area contributed by atoms with Crippen LogP contribution < -0.4 is 5.32 Å². The third-order valence-electron chi connectivity index (χ3n) is 2.34. The van der Waals surface area contributed by atoms with Gasteiger partial charge in [-0.3, -0.25) is 0 Å². The summed E-state index contributed by atoms with van der Waals surface area (Å²) in [6.45, 7) is 5.94. The Balaban J connectivity index is 2.18. The van der Waals surface area contributed by atoms with E-state index >= 15 is 0 Å². The predicted molar refractivity (Wildman–Crippen MR) is 67.3 cm³/mol. The fourth-order valence-electron chi connectivity index (χ4n) is 1.41. The molecule has 2 aromatic rings. The van der Waals surface area contributed by atoms with Crippen LogP contribution in [0.4, 0.5) is 5.82 Å². The van der Waals surface area contributed by atoms with Gasteiger partial charge in [0.2, 0.25) is 0 Å². The number of hydrogen-bond acceptors (Lipinski definition) is 6. The van der Waals surface area contributed by atoms with E-state index in [4.69, 9.17) is 11.6 Å². The summed E-state index contributed by atoms with van der Waals surface area (Å²) < 4.78 is 0. The first kappa shape index (κ1) is 12.7. The van der Waals surface area contributed by atoms with Gasteiger partial charge in [0.05, 0.1) is 6.04 Å². The van der Waals surface area contributed by atoms with E-state index in [0.717, 1.165) is 0 Å². The zero-order valence-electron chi connectivity index (χ0n) is 10.3. The smallest absolute Gasteiger partial charge is 0.196 e. The molecule has 0 aliphatic rings. The molecule has 0 fully saturated rings. The third kappa shape index (κ3) is 2.92. The second kappa shape index (κ2) is 5.26. The number of anilines is 1. The lowest BCUT2D eigenvalue weighted by molar-refractivity contribution is 0.755. The summed E-state index contributed by atoms with van der Waals surface area (Å²) >= 11 is 5.96. The monoisotopic (exact) mass is 267 g/mol. The number of aromatic nitrogens is 6. The highest BCUT2D eigenvalue weighted by Crippen LogP contribution is 2.19. The molecule has 2 rings (SSSR count). The fourth-order valence-corrected chi connectivity index (χ4v) is 1.60. The summed E-state index contributed by atoms with van der Waals surface area (Å²) in [5, 5.41) is 17.3. The Morgan fingerprint density at radius 2 is 2.00 bits per heavy atom. The Morgan fingerprint density at radius 3 is 2.61 bits per heavy atom. The lowest BCUT2D eigenvalue weighted by atomic mass is 10.2. The Hall–Kier alpha value is -1.76. The van der Waals surface area contributed by atoms with Crippen LogP contribution in [-0.2, 0) is 0 Å². The largest absolute Gasteiger partial charge is 0.360 e. The van der Waals surface area contributed by atoms with Crippen LogP contribution >= 0.6 is 11.6 Å². The van der Waals surface area contributed by atoms with Crippen LogP contribution in [0.5, 0.6) is 0 Å². The normalized spacial score (nSPS) is 12.7. The van der Waals surface area contributed by atoms with Gasteiger partial charge < -0.3 is 5.32 Å². The van der Waals surface area contributed by atoms with E-state index in [1.54, 1.807) is 6.07 Å². The van der Waals surface area contributed by atoms with Gasteiger partial charge in [0.25, 0.3) is 0 Å². The van der Waals surface area contributed by atoms with Crippen LogP contribution in [0.25, 0.3) is 0 Å². The Labute approximate surface area is 109 Å². The van der Waals surface area contributed by atoms with Crippen LogP contribution in [0.15, 0.2) is 6.07 Å². The van der Waals surface area contributed by atoms with Crippen molar-refractivity contribution in [1.82, 2.24) is 30.6 Å². The average Bonchev–Trinajstić information content (AvgIpc) is 2.81. The van der Waals surface area contributed by atoms with Crippen LogP contribution in [0.2, 0.25) is 5.15 Å². The summed E-state index contributed by atoms with van der Waals surface area (Å²) in [4.78, 5) is 8.56. The molecule has 7 nitrogen and oxygen atoms in total. The van der Waals surface area contributed by atoms with Crippen molar-refractivity contribution in [2.24, 2.45) is 0 Å². The fraction of sp³-hybridized carbons (Fsp3) is 0.500. The van der Waals surface area contributed by atoms with Gasteiger partial charge in [0.1, 0.15) is 16.8 Å². The van der Waals surface area contributed by atoms with E-state index in [9.17, 15) is 0 Å². The first-order valence-electron chi connectivity index (χ1n) is 5.60. The van der Waals surface area contributed by atoms with Crippen molar-refractivity contribution in [2.45, 2.75) is 32.7 Å². The van der Waals surface area contributed by atoms with E-state index in [-0.39, 0.29) is 12.0 Å². The van der Waals surface area contributed by atoms with Crippen LogP contribution in [-0.4, -0.2) is 30.6 Å². The maximum atomic E-state index is 5.96. The van der Waals surface area contributed by atoms with Gasteiger partial charge in [0, 0.05) is 12.0 Å². The van der Waals surface area contributed by atoms with Gasteiger partial charge >= 0.3 is 0 Å². The Kier molecular flexibility index (Phi) is 3.71. The standard InChI is InChI=1S/C10H14ClN7/c1-5(2)9-13-7(11)4-8(14-9)12-6(3)10-15-17-18-16-10/h4-6H,1-3H3,(H,12,13,14)(H,15,16,17,18). The summed E-state index contributed by atoms with van der Waals surface area (Å²) in [6.07, 6.45) is 0. The highest BCUT2D eigenvalue weighted by Gasteiger charge is 2.13. The first-order chi connectivity index (χ1) is 8.56. The highest BCUT2D eigenvalue weighted by molar-refractivity contribution is 6.29. The van der Waals surface area contributed by atoms with Gasteiger partial charge in [-0.25, -0.2) is 9.97 Å². The van der Waals surface area contributed by atoms with E-state index in [0.29, 0.717) is 22.6 Å². The topological polar surface area (TPSA) is 92.3 Å². The van der Waals surface area contributed by atoms with E-state index in [1.165, 1.54) is 0 Å². The number of hydrogen-bond donors (Lipinski definition) is 2. The molecule has 0 bridgehead atoms. The molecule has 0 aliphatic heterocycles. The molecule has 0 amide bonds. The van der Waals surface area contributed by atoms with Crippen molar-refractivity contribution >= 4 is 17.4 Å². The predicted octanol–water partition coefficient (Wildman–Crippen LogP) is 1.94. The summed E-state index contributed by atoms with van der Waals surface area (Å²) in [7, 11) is 0. The Bertz CT molecular complexity index is 511. The van der Waals surface area contributed by atoms with Crippen molar-refractivity contribution in [3.05, 3.63) is 22.9 Å². The van der Waals surface area contributed by atoms with Gasteiger partial charge in [0.15, 0.2) is 5.82 Å². The molecule has 0 aromatic carbocycles. The lowest BCUT2D eigenvalue weighted by Crippen LogP contribution is -2.11. The number of rotatable bonds is 4. The van der Waals surface area contributed by atoms with Crippen molar-refractivity contribution in [3.8, 4) is 0 Å². The van der Waals surface area contributed by atoms with Crippen molar-refractivity contribution < 1.29 is 0 Å². The molecule has 1 unspecified atom stereocenters. The molecular weight excluding hydrogens is 254 g/mol. The minimum atomic E-state index is -0.116. The summed E-state index contributed by atoms with van der Waals surface area (Å²) in [6, 6.07) is 1.55. The number of H-pyrrole nitrogens is 1. The number of nitrogens with zero attached hydrogens (tertiary/aromatic N) is 5.